The Morgan fingerprint density at radius 1 is 1.13 bits per heavy atom. The average molecular weight is 667 g/mol. The predicted octanol–water partition coefficient (Wildman–Crippen LogP) is 5.84. The molecule has 0 aromatic heterocycles. The molecule has 5 rings (SSSR count). The molecule has 0 bridgehead atoms. The van der Waals surface area contributed by atoms with Crippen molar-refractivity contribution in [3.8, 4) is 17.2 Å². The summed E-state index contributed by atoms with van der Waals surface area (Å²) >= 11 is 6.47. The molecule has 2 fully saturated rings. The summed E-state index contributed by atoms with van der Waals surface area (Å²) in [5, 5.41) is 11.3. The molecule has 3 aliphatic rings. The lowest BCUT2D eigenvalue weighted by Crippen LogP contribution is -2.53. The lowest BCUT2D eigenvalue weighted by atomic mass is 9.66. The first-order valence-corrected chi connectivity index (χ1v) is 15.7. The molecule has 2 amide bonds. The Hall–Kier alpha value is -3.67. The van der Waals surface area contributed by atoms with E-state index < -0.39 is 54.3 Å². The van der Waals surface area contributed by atoms with Gasteiger partial charge >= 0.3 is 12.1 Å². The number of nitrogens with zero attached hydrogens (tertiary/aromatic N) is 2. The van der Waals surface area contributed by atoms with E-state index in [1.807, 2.05) is 0 Å². The van der Waals surface area contributed by atoms with Crippen molar-refractivity contribution in [1.29, 1.82) is 0 Å². The van der Waals surface area contributed by atoms with Gasteiger partial charge in [0.1, 0.15) is 23.9 Å². The number of alkyl halides is 3. The number of aromatic hydroxyl groups is 1. The van der Waals surface area contributed by atoms with Crippen molar-refractivity contribution in [1.82, 2.24) is 9.80 Å². The molecule has 1 saturated carbocycles. The molecule has 13 heteroatoms. The van der Waals surface area contributed by atoms with Crippen molar-refractivity contribution in [2.24, 2.45) is 17.3 Å². The minimum atomic E-state index is -4.55. The van der Waals surface area contributed by atoms with Gasteiger partial charge in [0.15, 0.2) is 0 Å². The first kappa shape index (κ1) is 33.7. The van der Waals surface area contributed by atoms with Crippen LogP contribution in [0.25, 0.3) is 0 Å². The number of likely N-dealkylation sites (tertiary alicyclic amines) is 1. The second kappa shape index (κ2) is 13.2. The van der Waals surface area contributed by atoms with Gasteiger partial charge in [-0.2, -0.15) is 13.2 Å². The molecule has 1 N–H and O–H groups in total. The fraction of sp³-hybridized carbons (Fsp3) is 0.545. The second-order valence-electron chi connectivity index (χ2n) is 12.5. The quantitative estimate of drug-likeness (QED) is 0.353. The maximum absolute atomic E-state index is 14.5. The van der Waals surface area contributed by atoms with E-state index in [4.69, 9.17) is 25.8 Å². The lowest BCUT2D eigenvalue weighted by molar-refractivity contribution is -0.171. The van der Waals surface area contributed by atoms with Crippen molar-refractivity contribution in [2.75, 3.05) is 33.9 Å². The van der Waals surface area contributed by atoms with Crippen LogP contribution in [-0.2, 0) is 32.1 Å². The summed E-state index contributed by atoms with van der Waals surface area (Å²) < 4.78 is 57.1. The van der Waals surface area contributed by atoms with Gasteiger partial charge in [0, 0.05) is 48.3 Å². The van der Waals surface area contributed by atoms with E-state index in [2.05, 4.69) is 0 Å². The third-order valence-corrected chi connectivity index (χ3v) is 10.1. The number of halogens is 4. The van der Waals surface area contributed by atoms with Gasteiger partial charge in [-0.3, -0.25) is 14.4 Å². The number of ether oxygens (including phenoxy) is 3. The monoisotopic (exact) mass is 666 g/mol. The maximum Gasteiger partial charge on any atom is 0.394 e. The Kier molecular flexibility index (Phi) is 9.68. The summed E-state index contributed by atoms with van der Waals surface area (Å²) in [6.45, 7) is 0.978. The fourth-order valence-electron chi connectivity index (χ4n) is 7.08. The van der Waals surface area contributed by atoms with Crippen LogP contribution in [0, 0.1) is 17.3 Å². The Bertz CT molecular complexity index is 1500. The van der Waals surface area contributed by atoms with Gasteiger partial charge < -0.3 is 29.1 Å². The van der Waals surface area contributed by atoms with Gasteiger partial charge in [-0.1, -0.05) is 24.4 Å². The number of amides is 2. The molecule has 4 atom stereocenters. The number of phenols is 1. The van der Waals surface area contributed by atoms with Crippen LogP contribution >= 0.6 is 11.6 Å². The van der Waals surface area contributed by atoms with E-state index in [0.29, 0.717) is 58.9 Å². The van der Waals surface area contributed by atoms with Crippen LogP contribution in [0.4, 0.5) is 13.2 Å². The molecule has 0 radical (unpaired) electrons. The number of fused-ring (bicyclic) bond motifs is 1. The number of hydrogen-bond donors (Lipinski definition) is 1. The van der Waals surface area contributed by atoms with E-state index in [9.17, 15) is 32.7 Å². The standard InChI is InChI=1S/C33H38ClF3N2O7/c1-32(31(43)46-18-19-7-8-21(44-2)15-27(19)45-3)12-5-4-6-23(32)30(42)39-13-11-22-24(34)9-10-26(40)29(22)25(39)17-38-16-20(14-28(38)41)33(35,36)37/h7-10,15,20,23,25,40H,4-6,11-14,16-18H2,1-3H3/t20?,23-,25?,32-/m0/s1. The Morgan fingerprint density at radius 2 is 1.89 bits per heavy atom. The number of benzene rings is 2. The van der Waals surface area contributed by atoms with Gasteiger partial charge in [-0.05, 0) is 56.0 Å². The van der Waals surface area contributed by atoms with Crippen LogP contribution in [0.1, 0.15) is 61.8 Å². The Balaban J connectivity index is 1.42. The second-order valence-corrected chi connectivity index (χ2v) is 12.9. The topological polar surface area (TPSA) is 106 Å². The van der Waals surface area contributed by atoms with Gasteiger partial charge in [-0.15, -0.1) is 0 Å². The number of esters is 1. The SMILES string of the molecule is COc1ccc(COC(=O)[C@@]2(C)CCCC[C@H]2C(=O)N2CCc3c(Cl)ccc(O)c3C2CN2CC(C(F)(F)F)CC2=O)c(OC)c1. The minimum Gasteiger partial charge on any atom is -0.508 e. The van der Waals surface area contributed by atoms with Crippen LogP contribution in [0.15, 0.2) is 30.3 Å². The summed E-state index contributed by atoms with van der Waals surface area (Å²) in [5.41, 5.74) is 0.309. The van der Waals surface area contributed by atoms with Gasteiger partial charge in [-0.25, -0.2) is 0 Å². The summed E-state index contributed by atoms with van der Waals surface area (Å²) in [6, 6.07) is 7.07. The highest BCUT2D eigenvalue weighted by atomic mass is 35.5. The van der Waals surface area contributed by atoms with Gasteiger partial charge in [0.05, 0.1) is 37.5 Å². The van der Waals surface area contributed by atoms with Gasteiger partial charge in [0.2, 0.25) is 11.8 Å². The first-order valence-electron chi connectivity index (χ1n) is 15.3. The number of methoxy groups -OCH3 is 2. The highest BCUT2D eigenvalue weighted by molar-refractivity contribution is 6.31. The Labute approximate surface area is 270 Å². The molecule has 2 aliphatic heterocycles. The van der Waals surface area contributed by atoms with E-state index in [1.54, 1.807) is 25.1 Å². The number of hydrogen-bond acceptors (Lipinski definition) is 7. The van der Waals surface area contributed by atoms with E-state index >= 15 is 0 Å². The third-order valence-electron chi connectivity index (χ3n) is 9.77. The molecule has 0 spiro atoms. The smallest absolute Gasteiger partial charge is 0.394 e. The van der Waals surface area contributed by atoms with Crippen LogP contribution < -0.4 is 9.47 Å². The molecule has 46 heavy (non-hydrogen) atoms. The normalized spacial score (nSPS) is 24.8. The van der Waals surface area contributed by atoms with E-state index in [0.717, 1.165) is 4.90 Å². The van der Waals surface area contributed by atoms with Crippen LogP contribution in [0.2, 0.25) is 5.02 Å². The molecule has 1 saturated heterocycles. The minimum absolute atomic E-state index is 0.0912. The van der Waals surface area contributed by atoms with Crippen molar-refractivity contribution in [3.63, 3.8) is 0 Å². The third kappa shape index (κ3) is 6.45. The first-order chi connectivity index (χ1) is 21.8. The van der Waals surface area contributed by atoms with Crippen LogP contribution in [0.3, 0.4) is 0 Å². The summed E-state index contributed by atoms with van der Waals surface area (Å²) in [4.78, 5) is 43.6. The Morgan fingerprint density at radius 3 is 2.57 bits per heavy atom. The zero-order valence-corrected chi connectivity index (χ0v) is 26.7. The van der Waals surface area contributed by atoms with Crippen molar-refractivity contribution >= 4 is 29.4 Å². The van der Waals surface area contributed by atoms with Crippen LogP contribution in [0.5, 0.6) is 17.2 Å². The number of carbonyl (C=O) groups is 3. The molecular formula is C33H38ClF3N2O7. The highest BCUT2D eigenvalue weighted by Crippen LogP contribution is 2.47. The predicted molar refractivity (Wildman–Crippen MR) is 161 cm³/mol. The van der Waals surface area contributed by atoms with Crippen molar-refractivity contribution in [3.05, 3.63) is 52.0 Å². The molecule has 2 heterocycles. The number of phenolic OH excluding ortho intramolecular Hbond substituents is 1. The molecule has 2 aromatic rings. The van der Waals surface area contributed by atoms with Crippen LogP contribution in [-0.4, -0.2) is 72.7 Å². The van der Waals surface area contributed by atoms with Crippen molar-refractivity contribution < 1.29 is 46.9 Å². The van der Waals surface area contributed by atoms with E-state index in [1.165, 1.54) is 31.3 Å². The molecule has 2 aromatic carbocycles. The highest BCUT2D eigenvalue weighted by Gasteiger charge is 2.52. The largest absolute Gasteiger partial charge is 0.508 e. The molecular weight excluding hydrogens is 629 g/mol. The molecule has 1 aliphatic carbocycles. The zero-order chi connectivity index (χ0) is 33.4. The molecule has 9 nitrogen and oxygen atoms in total. The fourth-order valence-corrected chi connectivity index (χ4v) is 7.34. The number of rotatable bonds is 8. The molecule has 250 valence electrons. The lowest BCUT2D eigenvalue weighted by Gasteiger charge is -2.45. The zero-order valence-electron chi connectivity index (χ0n) is 26.0. The maximum atomic E-state index is 14.5. The summed E-state index contributed by atoms with van der Waals surface area (Å²) in [5.74, 6) is -3.34. The van der Waals surface area contributed by atoms with Gasteiger partial charge in [0.25, 0.3) is 0 Å². The van der Waals surface area contributed by atoms with Crippen molar-refractivity contribution in [2.45, 2.75) is 64.3 Å². The number of carbonyl (C=O) groups excluding carboxylic acids is 3. The average Bonchev–Trinajstić information content (AvgIpc) is 3.41. The summed E-state index contributed by atoms with van der Waals surface area (Å²) in [6.07, 6.45) is -2.76. The molecule has 2 unspecified atom stereocenters. The summed E-state index contributed by atoms with van der Waals surface area (Å²) in [7, 11) is 3.02. The van der Waals surface area contributed by atoms with E-state index in [-0.39, 0.29) is 37.8 Å².